The molecule has 2 saturated heterocycles. The van der Waals surface area contributed by atoms with Gasteiger partial charge in [0.05, 0.1) is 18.6 Å². The van der Waals surface area contributed by atoms with Gasteiger partial charge in [-0.05, 0) is 41.3 Å². The second-order valence-electron chi connectivity index (χ2n) is 11.3. The lowest BCUT2D eigenvalue weighted by atomic mass is 9.73. The van der Waals surface area contributed by atoms with Gasteiger partial charge >= 0.3 is 5.97 Å². The van der Waals surface area contributed by atoms with Gasteiger partial charge in [0.2, 0.25) is 5.91 Å². The Bertz CT molecular complexity index is 1400. The monoisotopic (exact) mass is 530 g/mol. The van der Waals surface area contributed by atoms with Crippen LogP contribution in [0.15, 0.2) is 66.8 Å². The third-order valence-corrected chi connectivity index (χ3v) is 8.99. The Morgan fingerprint density at radius 3 is 2.49 bits per heavy atom. The van der Waals surface area contributed by atoms with Crippen molar-refractivity contribution in [3.05, 3.63) is 66.8 Å². The van der Waals surface area contributed by atoms with E-state index in [0.29, 0.717) is 12.1 Å². The lowest BCUT2D eigenvalue weighted by molar-refractivity contribution is -0.159. The zero-order valence-corrected chi connectivity index (χ0v) is 22.4. The van der Waals surface area contributed by atoms with Gasteiger partial charge in [-0.2, -0.15) is 0 Å². The van der Waals surface area contributed by atoms with E-state index in [1.165, 1.54) is 4.90 Å². The molecule has 0 aromatic heterocycles. The number of cyclic esters (lactones) is 1. The molecule has 1 unspecified atom stereocenters. The lowest BCUT2D eigenvalue weighted by Gasteiger charge is -2.41. The molecule has 2 aromatic carbocycles. The van der Waals surface area contributed by atoms with Gasteiger partial charge in [0.25, 0.3) is 5.91 Å². The van der Waals surface area contributed by atoms with Gasteiger partial charge in [-0.15, -0.1) is 0 Å². The largest absolute Gasteiger partial charge is 0.461 e. The van der Waals surface area contributed by atoms with Crippen molar-refractivity contribution in [3.8, 4) is 0 Å². The van der Waals surface area contributed by atoms with Crippen molar-refractivity contribution < 1.29 is 29.0 Å². The first-order chi connectivity index (χ1) is 18.8. The highest BCUT2D eigenvalue weighted by Crippen LogP contribution is 2.59. The number of aliphatic hydroxyl groups is 1. The first-order valence-electron chi connectivity index (χ1n) is 13.7. The number of carbonyl (C=O) groups excluding carboxylic acids is 3. The summed E-state index contributed by atoms with van der Waals surface area (Å²) in [6, 6.07) is 12.1. The summed E-state index contributed by atoms with van der Waals surface area (Å²) in [5.41, 5.74) is -1.75. The zero-order chi connectivity index (χ0) is 27.5. The van der Waals surface area contributed by atoms with Gasteiger partial charge < -0.3 is 24.4 Å². The minimum Gasteiger partial charge on any atom is -0.461 e. The summed E-state index contributed by atoms with van der Waals surface area (Å²) >= 11 is 0. The van der Waals surface area contributed by atoms with E-state index < -0.39 is 41.1 Å². The summed E-state index contributed by atoms with van der Waals surface area (Å²) in [6.07, 6.45) is 7.71. The Morgan fingerprint density at radius 2 is 1.77 bits per heavy atom. The average Bonchev–Trinajstić information content (AvgIpc) is 3.20. The first kappa shape index (κ1) is 25.8. The summed E-state index contributed by atoms with van der Waals surface area (Å²) < 4.78 is 12.4. The number of hydrogen-bond donors (Lipinski definition) is 1. The Balaban J connectivity index is 1.53. The first-order valence-corrected chi connectivity index (χ1v) is 13.7. The van der Waals surface area contributed by atoms with Gasteiger partial charge in [0.1, 0.15) is 29.8 Å². The molecular formula is C31H34N2O6. The van der Waals surface area contributed by atoms with Crippen LogP contribution in [0.3, 0.4) is 0 Å². The van der Waals surface area contributed by atoms with E-state index in [4.69, 9.17) is 9.47 Å². The van der Waals surface area contributed by atoms with Crippen molar-refractivity contribution in [3.63, 3.8) is 0 Å². The molecule has 0 radical (unpaired) electrons. The fourth-order valence-electron chi connectivity index (χ4n) is 7.09. The molecule has 4 heterocycles. The third kappa shape index (κ3) is 3.61. The number of benzene rings is 2. The molecule has 2 fully saturated rings. The summed E-state index contributed by atoms with van der Waals surface area (Å²) in [5.74, 6) is -3.16. The van der Waals surface area contributed by atoms with E-state index in [1.54, 1.807) is 11.0 Å². The van der Waals surface area contributed by atoms with Crippen LogP contribution in [0.4, 0.5) is 5.69 Å². The number of hydrogen-bond acceptors (Lipinski definition) is 6. The van der Waals surface area contributed by atoms with Crippen LogP contribution in [-0.4, -0.2) is 70.8 Å². The standard InChI is InChI=1S/C31H34N2O6/c1-4-30-13-8-16-38-29(37)25(30)24-27(35)33(23(18-34)19(2)3)26-28(36)32(15-7-14-31(24,26)39-30)22-12-11-20-9-5-6-10-21(20)17-22/h5-14,17,19,23-26,34H,4,15-16,18H2,1-3H3/t23-,24-,25-,26?,30+,31-/m0/s1. The van der Waals surface area contributed by atoms with E-state index in [9.17, 15) is 19.5 Å². The lowest BCUT2D eigenvalue weighted by Crippen LogP contribution is -2.60. The van der Waals surface area contributed by atoms with Crippen LogP contribution in [-0.2, 0) is 23.9 Å². The fourth-order valence-corrected chi connectivity index (χ4v) is 7.09. The minimum atomic E-state index is -1.39. The van der Waals surface area contributed by atoms with Crippen LogP contribution in [0.2, 0.25) is 0 Å². The Kier molecular flexibility index (Phi) is 6.15. The van der Waals surface area contributed by atoms with Gasteiger partial charge in [-0.3, -0.25) is 14.4 Å². The number of fused-ring (bicyclic) bond motifs is 3. The Labute approximate surface area is 227 Å². The molecule has 0 aliphatic carbocycles. The molecule has 4 aliphatic rings. The zero-order valence-electron chi connectivity index (χ0n) is 22.4. The molecule has 4 aliphatic heterocycles. The number of nitrogens with zero attached hydrogens (tertiary/aromatic N) is 2. The highest BCUT2D eigenvalue weighted by atomic mass is 16.6. The summed E-state index contributed by atoms with van der Waals surface area (Å²) in [4.78, 5) is 45.6. The van der Waals surface area contributed by atoms with Crippen molar-refractivity contribution in [2.45, 2.75) is 50.5 Å². The number of rotatable bonds is 5. The average molecular weight is 531 g/mol. The number of ether oxygens (including phenoxy) is 2. The molecule has 6 rings (SSSR count). The highest BCUT2D eigenvalue weighted by molar-refractivity contribution is 6.06. The van der Waals surface area contributed by atoms with Gasteiger partial charge in [0.15, 0.2) is 0 Å². The molecular weight excluding hydrogens is 496 g/mol. The van der Waals surface area contributed by atoms with Crippen LogP contribution in [0.25, 0.3) is 10.8 Å². The third-order valence-electron chi connectivity index (χ3n) is 8.99. The summed E-state index contributed by atoms with van der Waals surface area (Å²) in [6.45, 7) is 5.81. The predicted octanol–water partition coefficient (Wildman–Crippen LogP) is 3.23. The topological polar surface area (TPSA) is 96.4 Å². The molecule has 204 valence electrons. The highest BCUT2D eigenvalue weighted by Gasteiger charge is 2.76. The number of aliphatic hydroxyl groups excluding tert-OH is 1. The summed E-state index contributed by atoms with van der Waals surface area (Å²) in [5, 5.41) is 12.5. The SMILES string of the molecule is CC[C@@]12C=CCOC(=O)[C@@H]1[C@H]1C(=O)N([C@@H](CO)C(C)C)C3C(=O)N(c4ccc5ccccc5c4)CC=C[C@@]31O2. The van der Waals surface area contributed by atoms with Crippen LogP contribution < -0.4 is 4.90 Å². The predicted molar refractivity (Wildman–Crippen MR) is 146 cm³/mol. The van der Waals surface area contributed by atoms with Gasteiger partial charge in [-0.1, -0.05) is 69.3 Å². The minimum absolute atomic E-state index is 0.108. The molecule has 2 aromatic rings. The van der Waals surface area contributed by atoms with Gasteiger partial charge in [-0.25, -0.2) is 0 Å². The quantitative estimate of drug-likeness (QED) is 0.471. The van der Waals surface area contributed by atoms with Crippen molar-refractivity contribution in [1.82, 2.24) is 4.90 Å². The molecule has 1 N–H and O–H groups in total. The molecule has 8 nitrogen and oxygen atoms in total. The van der Waals surface area contributed by atoms with E-state index in [0.717, 1.165) is 10.8 Å². The van der Waals surface area contributed by atoms with Crippen molar-refractivity contribution in [2.75, 3.05) is 24.7 Å². The van der Waals surface area contributed by atoms with E-state index >= 15 is 0 Å². The molecule has 39 heavy (non-hydrogen) atoms. The molecule has 0 saturated carbocycles. The van der Waals surface area contributed by atoms with Crippen molar-refractivity contribution in [1.29, 1.82) is 0 Å². The molecule has 1 spiro atoms. The van der Waals surface area contributed by atoms with E-state index in [-0.39, 0.29) is 37.5 Å². The molecule has 8 heteroatoms. The molecule has 0 bridgehead atoms. The fraction of sp³-hybridized carbons (Fsp3) is 0.452. The van der Waals surface area contributed by atoms with E-state index in [2.05, 4.69) is 0 Å². The van der Waals surface area contributed by atoms with Crippen molar-refractivity contribution >= 4 is 34.2 Å². The smallest absolute Gasteiger partial charge is 0.313 e. The number of anilines is 1. The van der Waals surface area contributed by atoms with Crippen LogP contribution >= 0.6 is 0 Å². The normalized spacial score (nSPS) is 32.6. The Morgan fingerprint density at radius 1 is 1.00 bits per heavy atom. The second-order valence-corrected chi connectivity index (χ2v) is 11.3. The Hall–Kier alpha value is -3.49. The molecule has 2 amide bonds. The maximum atomic E-state index is 14.6. The van der Waals surface area contributed by atoms with Crippen LogP contribution in [0.1, 0.15) is 27.2 Å². The van der Waals surface area contributed by atoms with Crippen LogP contribution in [0.5, 0.6) is 0 Å². The van der Waals surface area contributed by atoms with Gasteiger partial charge in [0, 0.05) is 12.2 Å². The number of amides is 2. The van der Waals surface area contributed by atoms with Crippen molar-refractivity contribution in [2.24, 2.45) is 17.8 Å². The number of esters is 1. The van der Waals surface area contributed by atoms with Crippen LogP contribution in [0, 0.1) is 17.8 Å². The maximum Gasteiger partial charge on any atom is 0.313 e. The number of likely N-dealkylation sites (tertiary alicyclic amines) is 1. The summed E-state index contributed by atoms with van der Waals surface area (Å²) in [7, 11) is 0. The molecule has 6 atom stereocenters. The maximum absolute atomic E-state index is 14.6. The second kappa shape index (κ2) is 9.31. The number of carbonyl (C=O) groups is 3. The van der Waals surface area contributed by atoms with E-state index in [1.807, 2.05) is 81.5 Å².